The van der Waals surface area contributed by atoms with Gasteiger partial charge in [-0.3, -0.25) is 14.4 Å². The number of rotatable bonds is 5. The molecule has 0 spiro atoms. The summed E-state index contributed by atoms with van der Waals surface area (Å²) >= 11 is 7.20. The summed E-state index contributed by atoms with van der Waals surface area (Å²) in [5.41, 5.74) is 0.584. The van der Waals surface area contributed by atoms with Crippen molar-refractivity contribution >= 4 is 46.4 Å². The molecule has 2 heterocycles. The molecule has 8 heteroatoms. The normalized spacial score (nSPS) is 14.6. The highest BCUT2D eigenvalue weighted by Crippen LogP contribution is 2.22. The molecule has 0 atom stereocenters. The second-order valence-electron chi connectivity index (χ2n) is 6.21. The van der Waals surface area contributed by atoms with Crippen LogP contribution in [0.1, 0.15) is 22.5 Å². The zero-order valence-electron chi connectivity index (χ0n) is 14.5. The lowest BCUT2D eigenvalue weighted by atomic mass is 9.97. The molecule has 1 saturated heterocycles. The van der Waals surface area contributed by atoms with Crippen molar-refractivity contribution in [2.24, 2.45) is 5.92 Å². The summed E-state index contributed by atoms with van der Waals surface area (Å²) < 4.78 is 5.13. The van der Waals surface area contributed by atoms with Crippen LogP contribution in [0.4, 0.5) is 5.69 Å². The van der Waals surface area contributed by atoms with Gasteiger partial charge in [0.2, 0.25) is 0 Å². The molecule has 1 aromatic carbocycles. The fourth-order valence-electron chi connectivity index (χ4n) is 2.86. The number of halogens is 1. The maximum atomic E-state index is 12.3. The van der Waals surface area contributed by atoms with Crippen LogP contribution in [0.5, 0.6) is 0 Å². The summed E-state index contributed by atoms with van der Waals surface area (Å²) in [6.07, 6.45) is 1.07. The molecule has 1 aliphatic rings. The molecule has 0 bridgehead atoms. The third-order valence-electron chi connectivity index (χ3n) is 4.32. The Hall–Kier alpha value is -2.38. The maximum absolute atomic E-state index is 12.3. The topological polar surface area (TPSA) is 75.7 Å². The predicted octanol–water partition coefficient (Wildman–Crippen LogP) is 3.44. The van der Waals surface area contributed by atoms with E-state index < -0.39 is 11.9 Å². The van der Waals surface area contributed by atoms with Crippen LogP contribution in [0.2, 0.25) is 5.02 Å². The van der Waals surface area contributed by atoms with Gasteiger partial charge in [0.25, 0.3) is 11.8 Å². The number of benzene rings is 1. The van der Waals surface area contributed by atoms with Crippen molar-refractivity contribution in [1.29, 1.82) is 0 Å². The summed E-state index contributed by atoms with van der Waals surface area (Å²) in [5.74, 6) is -1.10. The van der Waals surface area contributed by atoms with E-state index >= 15 is 0 Å². The number of ether oxygens (including phenoxy) is 1. The lowest BCUT2D eigenvalue weighted by Gasteiger charge is -2.30. The van der Waals surface area contributed by atoms with Crippen LogP contribution < -0.4 is 5.32 Å². The molecule has 6 nitrogen and oxygen atoms in total. The van der Waals surface area contributed by atoms with Crippen molar-refractivity contribution in [3.8, 4) is 0 Å². The highest BCUT2D eigenvalue weighted by molar-refractivity contribution is 7.12. The number of nitrogens with one attached hydrogen (secondary N) is 1. The van der Waals surface area contributed by atoms with Crippen molar-refractivity contribution in [2.45, 2.75) is 12.8 Å². The number of nitrogens with zero attached hydrogens (tertiary/aromatic N) is 1. The first-order valence-corrected chi connectivity index (χ1v) is 9.83. The average molecular weight is 407 g/mol. The number of carbonyl (C=O) groups excluding carboxylic acids is 3. The van der Waals surface area contributed by atoms with E-state index in [2.05, 4.69) is 5.32 Å². The highest BCUT2D eigenvalue weighted by atomic mass is 35.5. The number of esters is 1. The zero-order valence-corrected chi connectivity index (χ0v) is 16.1. The second-order valence-corrected chi connectivity index (χ2v) is 7.59. The van der Waals surface area contributed by atoms with E-state index in [0.717, 1.165) is 0 Å². The third kappa shape index (κ3) is 5.30. The monoisotopic (exact) mass is 406 g/mol. The minimum Gasteiger partial charge on any atom is -0.455 e. The summed E-state index contributed by atoms with van der Waals surface area (Å²) in [5, 5.41) is 5.08. The number of thiophene rings is 1. The second kappa shape index (κ2) is 9.01. The molecule has 1 fully saturated rings. The molecule has 2 aromatic rings. The van der Waals surface area contributed by atoms with Gasteiger partial charge in [-0.25, -0.2) is 0 Å². The van der Waals surface area contributed by atoms with Crippen LogP contribution in [-0.2, 0) is 14.3 Å². The fraction of sp³-hybridized carbons (Fsp3) is 0.316. The van der Waals surface area contributed by atoms with Gasteiger partial charge in [0.05, 0.1) is 10.8 Å². The first kappa shape index (κ1) is 19.4. The van der Waals surface area contributed by atoms with Gasteiger partial charge in [0.15, 0.2) is 6.61 Å². The summed E-state index contributed by atoms with van der Waals surface area (Å²) in [4.78, 5) is 38.8. The van der Waals surface area contributed by atoms with Gasteiger partial charge in [-0.1, -0.05) is 17.7 Å². The van der Waals surface area contributed by atoms with Crippen LogP contribution in [-0.4, -0.2) is 42.4 Å². The molecule has 3 rings (SSSR count). The van der Waals surface area contributed by atoms with Gasteiger partial charge in [-0.05, 0) is 48.6 Å². The molecule has 0 unspecified atom stereocenters. The molecule has 0 saturated carbocycles. The highest BCUT2D eigenvalue weighted by Gasteiger charge is 2.29. The minimum absolute atomic E-state index is 0.000778. The van der Waals surface area contributed by atoms with Crippen molar-refractivity contribution in [2.75, 3.05) is 25.0 Å². The average Bonchev–Trinajstić information content (AvgIpc) is 3.22. The zero-order chi connectivity index (χ0) is 19.2. The smallest absolute Gasteiger partial charge is 0.309 e. The fourth-order valence-corrected chi connectivity index (χ4v) is 3.68. The van der Waals surface area contributed by atoms with E-state index in [0.29, 0.717) is 41.5 Å². The van der Waals surface area contributed by atoms with Crippen molar-refractivity contribution in [3.63, 3.8) is 0 Å². The van der Waals surface area contributed by atoms with Gasteiger partial charge < -0.3 is 15.0 Å². The number of piperidine rings is 1. The van der Waals surface area contributed by atoms with Crippen molar-refractivity contribution < 1.29 is 19.1 Å². The molecule has 142 valence electrons. The maximum Gasteiger partial charge on any atom is 0.309 e. The van der Waals surface area contributed by atoms with Gasteiger partial charge in [0.1, 0.15) is 0 Å². The van der Waals surface area contributed by atoms with E-state index in [-0.39, 0.29) is 18.4 Å². The van der Waals surface area contributed by atoms with Gasteiger partial charge in [-0.15, -0.1) is 11.3 Å². The summed E-state index contributed by atoms with van der Waals surface area (Å²) in [6.45, 7) is 0.677. The van der Waals surface area contributed by atoms with E-state index in [1.165, 1.54) is 11.3 Å². The quantitative estimate of drug-likeness (QED) is 0.772. The van der Waals surface area contributed by atoms with E-state index in [1.54, 1.807) is 35.2 Å². The van der Waals surface area contributed by atoms with E-state index in [4.69, 9.17) is 16.3 Å². The van der Waals surface area contributed by atoms with Crippen LogP contribution in [0.15, 0.2) is 41.8 Å². The molecule has 0 aliphatic carbocycles. The van der Waals surface area contributed by atoms with Crippen molar-refractivity contribution in [1.82, 2.24) is 4.90 Å². The Balaban J connectivity index is 1.41. The first-order chi connectivity index (χ1) is 13.0. The Morgan fingerprint density at radius 1 is 1.15 bits per heavy atom. The number of hydrogen-bond donors (Lipinski definition) is 1. The van der Waals surface area contributed by atoms with E-state index in [9.17, 15) is 14.4 Å². The Labute approximate surface area is 166 Å². The van der Waals surface area contributed by atoms with Crippen molar-refractivity contribution in [3.05, 3.63) is 51.7 Å². The molecule has 1 aromatic heterocycles. The Kier molecular flexibility index (Phi) is 6.47. The Bertz CT molecular complexity index is 800. The summed E-state index contributed by atoms with van der Waals surface area (Å²) in [6, 6.07) is 10.3. The molecule has 2 amide bonds. The number of carbonyl (C=O) groups is 3. The SMILES string of the molecule is O=C(COC(=O)C1CCN(C(=O)c2cccs2)CC1)Nc1ccc(Cl)cc1. The molecule has 1 aliphatic heterocycles. The van der Waals surface area contributed by atoms with Gasteiger partial charge in [0, 0.05) is 23.8 Å². The lowest BCUT2D eigenvalue weighted by Crippen LogP contribution is -2.40. The van der Waals surface area contributed by atoms with Crippen LogP contribution in [0, 0.1) is 5.92 Å². The standard InChI is InChI=1S/C19H19ClN2O4S/c20-14-3-5-15(6-4-14)21-17(23)12-26-19(25)13-7-9-22(10-8-13)18(24)16-2-1-11-27-16/h1-6,11,13H,7-10,12H2,(H,21,23). The van der Waals surface area contributed by atoms with Crippen LogP contribution in [0.3, 0.4) is 0 Å². The van der Waals surface area contributed by atoms with Crippen LogP contribution >= 0.6 is 22.9 Å². The number of likely N-dealkylation sites (tertiary alicyclic amines) is 1. The predicted molar refractivity (Wildman–Crippen MR) is 104 cm³/mol. The largest absolute Gasteiger partial charge is 0.455 e. The summed E-state index contributed by atoms with van der Waals surface area (Å²) in [7, 11) is 0. The number of anilines is 1. The number of amides is 2. The van der Waals surface area contributed by atoms with Crippen LogP contribution in [0.25, 0.3) is 0 Å². The number of hydrogen-bond acceptors (Lipinski definition) is 5. The molecule has 27 heavy (non-hydrogen) atoms. The molecule has 1 N–H and O–H groups in total. The lowest BCUT2D eigenvalue weighted by molar-refractivity contribution is -0.152. The molecule has 0 radical (unpaired) electrons. The minimum atomic E-state index is -0.406. The van der Waals surface area contributed by atoms with Gasteiger partial charge in [-0.2, -0.15) is 0 Å². The van der Waals surface area contributed by atoms with Gasteiger partial charge >= 0.3 is 5.97 Å². The molecular weight excluding hydrogens is 388 g/mol. The molecular formula is C19H19ClN2O4S. The third-order valence-corrected chi connectivity index (χ3v) is 5.43. The first-order valence-electron chi connectivity index (χ1n) is 8.58. The Morgan fingerprint density at radius 2 is 1.85 bits per heavy atom. The Morgan fingerprint density at radius 3 is 2.48 bits per heavy atom. The van der Waals surface area contributed by atoms with E-state index in [1.807, 2.05) is 11.4 Å².